The van der Waals surface area contributed by atoms with E-state index in [4.69, 9.17) is 4.74 Å². The number of piperazine rings is 1. The van der Waals surface area contributed by atoms with Gasteiger partial charge in [-0.1, -0.05) is 13.8 Å². The fraction of sp³-hybridized carbons (Fsp3) is 0.611. The maximum Gasteiger partial charge on any atom is 0.254 e. The minimum atomic E-state index is 0.105. The fourth-order valence-corrected chi connectivity index (χ4v) is 2.83. The van der Waals surface area contributed by atoms with Crippen molar-refractivity contribution in [3.05, 3.63) is 29.8 Å². The first-order valence-corrected chi connectivity index (χ1v) is 8.62. The van der Waals surface area contributed by atoms with Gasteiger partial charge in [0, 0.05) is 37.8 Å². The Kier molecular flexibility index (Phi) is 6.86. The third-order valence-corrected chi connectivity index (χ3v) is 4.43. The van der Waals surface area contributed by atoms with Crippen molar-refractivity contribution >= 4 is 5.91 Å². The fourth-order valence-electron chi connectivity index (χ4n) is 2.83. The molecule has 0 radical (unpaired) electrons. The summed E-state index contributed by atoms with van der Waals surface area (Å²) in [6.45, 7) is 12.5. The van der Waals surface area contributed by atoms with E-state index in [1.807, 2.05) is 29.2 Å². The van der Waals surface area contributed by atoms with Crippen LogP contribution in [0.15, 0.2) is 24.3 Å². The summed E-state index contributed by atoms with van der Waals surface area (Å²) in [5.74, 6) is 0.927. The molecule has 5 nitrogen and oxygen atoms in total. The Morgan fingerprint density at radius 2 is 2.00 bits per heavy atom. The highest BCUT2D eigenvalue weighted by Crippen LogP contribution is 2.15. The van der Waals surface area contributed by atoms with Crippen LogP contribution in [0.3, 0.4) is 0 Å². The number of amides is 1. The van der Waals surface area contributed by atoms with Crippen molar-refractivity contribution in [2.45, 2.75) is 26.8 Å². The number of carbonyl (C=O) groups is 1. The summed E-state index contributed by atoms with van der Waals surface area (Å²) < 4.78 is 5.76. The number of nitrogens with one attached hydrogen (secondary N) is 1. The molecule has 1 saturated heterocycles. The summed E-state index contributed by atoms with van der Waals surface area (Å²) in [6.07, 6.45) is 0. The van der Waals surface area contributed by atoms with Gasteiger partial charge in [-0.2, -0.15) is 0 Å². The van der Waals surface area contributed by atoms with Gasteiger partial charge in [-0.05, 0) is 44.3 Å². The number of ether oxygens (including phenoxy) is 1. The Morgan fingerprint density at radius 3 is 2.61 bits per heavy atom. The molecular weight excluding hydrogens is 290 g/mol. The van der Waals surface area contributed by atoms with Gasteiger partial charge in [-0.25, -0.2) is 0 Å². The van der Waals surface area contributed by atoms with Crippen LogP contribution < -0.4 is 10.1 Å². The van der Waals surface area contributed by atoms with Gasteiger partial charge in [0.15, 0.2) is 0 Å². The van der Waals surface area contributed by atoms with E-state index >= 15 is 0 Å². The number of rotatable bonds is 7. The van der Waals surface area contributed by atoms with Gasteiger partial charge in [0.1, 0.15) is 12.4 Å². The molecule has 0 aliphatic carbocycles. The molecule has 0 spiro atoms. The predicted octanol–water partition coefficient (Wildman–Crippen LogP) is 1.84. The maximum absolute atomic E-state index is 12.6. The van der Waals surface area contributed by atoms with Gasteiger partial charge in [-0.3, -0.25) is 4.79 Å². The molecule has 1 amide bonds. The Balaban J connectivity index is 1.87. The van der Waals surface area contributed by atoms with Crippen molar-refractivity contribution < 1.29 is 9.53 Å². The molecular formula is C18H29N3O2. The van der Waals surface area contributed by atoms with E-state index in [1.54, 1.807) is 0 Å². The Morgan fingerprint density at radius 1 is 1.30 bits per heavy atom. The van der Waals surface area contributed by atoms with Crippen molar-refractivity contribution in [3.8, 4) is 5.75 Å². The molecule has 5 heteroatoms. The minimum Gasteiger partial charge on any atom is -0.492 e. The molecule has 1 aromatic rings. The third-order valence-electron chi connectivity index (χ3n) is 4.43. The second-order valence-corrected chi connectivity index (χ2v) is 5.95. The van der Waals surface area contributed by atoms with Gasteiger partial charge in [-0.15, -0.1) is 0 Å². The predicted molar refractivity (Wildman–Crippen MR) is 93.1 cm³/mol. The first-order chi connectivity index (χ1) is 11.2. The van der Waals surface area contributed by atoms with E-state index in [-0.39, 0.29) is 11.9 Å². The topological polar surface area (TPSA) is 44.8 Å². The van der Waals surface area contributed by atoms with Gasteiger partial charge in [0.2, 0.25) is 0 Å². The summed E-state index contributed by atoms with van der Waals surface area (Å²) in [5.41, 5.74) is 0.731. The number of likely N-dealkylation sites (N-methyl/N-ethyl adjacent to an activating group) is 1. The number of benzene rings is 1. The van der Waals surface area contributed by atoms with Gasteiger partial charge < -0.3 is 19.9 Å². The largest absolute Gasteiger partial charge is 0.492 e. The Labute approximate surface area is 139 Å². The Bertz CT molecular complexity index is 486. The number of hydrogen-bond donors (Lipinski definition) is 1. The van der Waals surface area contributed by atoms with Crippen LogP contribution in [0.4, 0.5) is 0 Å². The van der Waals surface area contributed by atoms with Crippen LogP contribution in [0.2, 0.25) is 0 Å². The van der Waals surface area contributed by atoms with Crippen LogP contribution in [0, 0.1) is 0 Å². The summed E-state index contributed by atoms with van der Waals surface area (Å²) in [5, 5.41) is 3.30. The lowest BCUT2D eigenvalue weighted by molar-refractivity contribution is 0.0655. The zero-order valence-corrected chi connectivity index (χ0v) is 14.5. The molecule has 0 saturated carbocycles. The zero-order chi connectivity index (χ0) is 16.7. The maximum atomic E-state index is 12.6. The average molecular weight is 319 g/mol. The molecule has 1 aliphatic heterocycles. The van der Waals surface area contributed by atoms with E-state index in [0.29, 0.717) is 6.61 Å². The molecule has 1 atom stereocenters. The van der Waals surface area contributed by atoms with E-state index in [2.05, 4.69) is 31.0 Å². The zero-order valence-electron chi connectivity index (χ0n) is 14.5. The van der Waals surface area contributed by atoms with Crippen LogP contribution in [-0.2, 0) is 0 Å². The minimum absolute atomic E-state index is 0.105. The summed E-state index contributed by atoms with van der Waals surface area (Å²) >= 11 is 0. The van der Waals surface area contributed by atoms with Crippen LogP contribution in [-0.4, -0.2) is 67.6 Å². The highest BCUT2D eigenvalue weighted by atomic mass is 16.5. The highest BCUT2D eigenvalue weighted by molar-refractivity contribution is 5.94. The average Bonchev–Trinajstić information content (AvgIpc) is 2.59. The number of hydrogen-bond acceptors (Lipinski definition) is 4. The Hall–Kier alpha value is -1.59. The van der Waals surface area contributed by atoms with Crippen molar-refractivity contribution in [3.63, 3.8) is 0 Å². The van der Waals surface area contributed by atoms with Crippen molar-refractivity contribution in [1.82, 2.24) is 15.1 Å². The van der Waals surface area contributed by atoms with Crippen molar-refractivity contribution in [2.75, 3.05) is 45.9 Å². The normalized spacial score (nSPS) is 18.3. The molecule has 0 bridgehead atoms. The molecule has 1 N–H and O–H groups in total. The van der Waals surface area contributed by atoms with Crippen LogP contribution in [0.1, 0.15) is 31.1 Å². The molecule has 1 unspecified atom stereocenters. The molecule has 128 valence electrons. The SMILES string of the molecule is CCN(CC)CCOc1ccc(C(=O)N2CCNCC2C)cc1. The van der Waals surface area contributed by atoms with E-state index < -0.39 is 0 Å². The van der Waals surface area contributed by atoms with Gasteiger partial charge >= 0.3 is 0 Å². The smallest absolute Gasteiger partial charge is 0.254 e. The second kappa shape index (κ2) is 8.89. The highest BCUT2D eigenvalue weighted by Gasteiger charge is 2.23. The molecule has 0 aromatic heterocycles. The van der Waals surface area contributed by atoms with Crippen molar-refractivity contribution in [2.24, 2.45) is 0 Å². The van der Waals surface area contributed by atoms with Crippen LogP contribution in [0.5, 0.6) is 5.75 Å². The summed E-state index contributed by atoms with van der Waals surface area (Å²) in [7, 11) is 0. The monoisotopic (exact) mass is 319 g/mol. The van der Waals surface area contributed by atoms with Crippen LogP contribution >= 0.6 is 0 Å². The van der Waals surface area contributed by atoms with E-state index in [9.17, 15) is 4.79 Å². The van der Waals surface area contributed by atoms with Gasteiger partial charge in [0.25, 0.3) is 5.91 Å². The molecule has 23 heavy (non-hydrogen) atoms. The molecule has 1 aliphatic rings. The van der Waals surface area contributed by atoms with E-state index in [0.717, 1.165) is 50.6 Å². The second-order valence-electron chi connectivity index (χ2n) is 5.95. The first kappa shape index (κ1) is 17.8. The summed E-state index contributed by atoms with van der Waals surface area (Å²) in [6, 6.07) is 7.75. The van der Waals surface area contributed by atoms with Gasteiger partial charge in [0.05, 0.1) is 0 Å². The lowest BCUT2D eigenvalue weighted by Crippen LogP contribution is -2.52. The number of nitrogens with zero attached hydrogens (tertiary/aromatic N) is 2. The number of carbonyl (C=O) groups excluding carboxylic acids is 1. The lowest BCUT2D eigenvalue weighted by Gasteiger charge is -2.34. The lowest BCUT2D eigenvalue weighted by atomic mass is 10.1. The third kappa shape index (κ3) is 4.94. The molecule has 1 heterocycles. The first-order valence-electron chi connectivity index (χ1n) is 8.62. The van der Waals surface area contributed by atoms with Crippen LogP contribution in [0.25, 0.3) is 0 Å². The standard InChI is InChI=1S/C18H29N3O2/c1-4-20(5-2)12-13-23-17-8-6-16(7-9-17)18(22)21-11-10-19-14-15(21)3/h6-9,15,19H,4-5,10-14H2,1-3H3. The van der Waals surface area contributed by atoms with E-state index in [1.165, 1.54) is 0 Å². The molecule has 1 fully saturated rings. The van der Waals surface area contributed by atoms with Crippen molar-refractivity contribution in [1.29, 1.82) is 0 Å². The summed E-state index contributed by atoms with van der Waals surface area (Å²) in [4.78, 5) is 16.8. The molecule has 2 rings (SSSR count). The quantitative estimate of drug-likeness (QED) is 0.833. The molecule has 1 aromatic carbocycles.